The molecule has 0 unspecified atom stereocenters. The summed E-state index contributed by atoms with van der Waals surface area (Å²) in [5.41, 5.74) is 4.53. The summed E-state index contributed by atoms with van der Waals surface area (Å²) in [7, 11) is -3.70. The van der Waals surface area contributed by atoms with Crippen molar-refractivity contribution in [3.8, 4) is 0 Å². The average Bonchev–Trinajstić information content (AvgIpc) is 2.12. The number of nitrogens with two attached hydrogens (primary N) is 1. The van der Waals surface area contributed by atoms with Crippen LogP contribution in [0.15, 0.2) is 12.7 Å². The van der Waals surface area contributed by atoms with Crippen LogP contribution < -0.4 is 5.73 Å². The van der Waals surface area contributed by atoms with Gasteiger partial charge in [-0.2, -0.15) is 8.42 Å². The van der Waals surface area contributed by atoms with Crippen LogP contribution in [-0.2, 0) is 14.9 Å². The molecule has 0 rings (SSSR count). The third-order valence-corrected chi connectivity index (χ3v) is 2.26. The van der Waals surface area contributed by atoms with Crippen molar-refractivity contribution in [2.24, 2.45) is 5.73 Å². The normalized spacial score (nSPS) is 10.0. The molecule has 0 aromatic rings. The molecular weight excluding hydrogens is 218 g/mol. The molecule has 0 aromatic heterocycles. The standard InChI is InChI=1S/C6H14O3S.C3H5NO/c1-2-3-4-5-6-10(7,8)9;1-2-3(4)5/h2-6H2,1H3,(H,7,8,9);2H,1H2,(H2,4,5). The molecule has 6 heteroatoms. The highest BCUT2D eigenvalue weighted by Gasteiger charge is 2.01. The zero-order valence-corrected chi connectivity index (χ0v) is 9.79. The van der Waals surface area contributed by atoms with Crippen LogP contribution in [0, 0.1) is 0 Å². The van der Waals surface area contributed by atoms with Crippen LogP contribution in [0.3, 0.4) is 0 Å². The zero-order chi connectivity index (χ0) is 12.3. The first-order valence-corrected chi connectivity index (χ1v) is 6.31. The Morgan fingerprint density at radius 1 is 1.40 bits per heavy atom. The summed E-state index contributed by atoms with van der Waals surface area (Å²) in [4.78, 5) is 9.47. The van der Waals surface area contributed by atoms with Crippen LogP contribution in [-0.4, -0.2) is 24.6 Å². The lowest BCUT2D eigenvalue weighted by atomic mass is 10.2. The van der Waals surface area contributed by atoms with Crippen LogP contribution in [0.25, 0.3) is 0 Å². The molecule has 0 saturated heterocycles. The summed E-state index contributed by atoms with van der Waals surface area (Å²) < 4.78 is 28.6. The first kappa shape index (κ1) is 16.5. The Bertz CT molecular complexity index is 272. The van der Waals surface area contributed by atoms with Crippen LogP contribution in [0.1, 0.15) is 32.6 Å². The topological polar surface area (TPSA) is 97.5 Å². The molecule has 0 atom stereocenters. The van der Waals surface area contributed by atoms with Gasteiger partial charge in [0.15, 0.2) is 0 Å². The maximum absolute atomic E-state index is 10.1. The van der Waals surface area contributed by atoms with Gasteiger partial charge in [-0.15, -0.1) is 0 Å². The van der Waals surface area contributed by atoms with Crippen LogP contribution in [0.4, 0.5) is 0 Å². The molecule has 0 aromatic carbocycles. The van der Waals surface area contributed by atoms with Crippen molar-refractivity contribution in [1.29, 1.82) is 0 Å². The summed E-state index contributed by atoms with van der Waals surface area (Å²) in [6, 6.07) is 0. The second-order valence-electron chi connectivity index (χ2n) is 2.95. The highest BCUT2D eigenvalue weighted by atomic mass is 32.2. The number of carbonyl (C=O) groups is 1. The Morgan fingerprint density at radius 2 is 1.87 bits per heavy atom. The molecule has 3 N–H and O–H groups in total. The van der Waals surface area contributed by atoms with E-state index in [1.165, 1.54) is 0 Å². The number of amides is 1. The maximum Gasteiger partial charge on any atom is 0.264 e. The third kappa shape index (κ3) is 24.6. The molecule has 0 bridgehead atoms. The largest absolute Gasteiger partial charge is 0.366 e. The minimum atomic E-state index is -3.70. The third-order valence-electron chi connectivity index (χ3n) is 1.46. The summed E-state index contributed by atoms with van der Waals surface area (Å²) in [5, 5.41) is 0. The molecule has 0 aliphatic rings. The molecule has 0 spiro atoms. The fourth-order valence-corrected chi connectivity index (χ4v) is 1.28. The van der Waals surface area contributed by atoms with Gasteiger partial charge in [0, 0.05) is 0 Å². The van der Waals surface area contributed by atoms with Crippen molar-refractivity contribution in [2.45, 2.75) is 32.6 Å². The van der Waals surface area contributed by atoms with Gasteiger partial charge in [-0.25, -0.2) is 0 Å². The van der Waals surface area contributed by atoms with E-state index in [-0.39, 0.29) is 5.75 Å². The SMILES string of the molecule is C=CC(N)=O.CCCCCCS(=O)(=O)O. The van der Waals surface area contributed by atoms with E-state index in [1.54, 1.807) is 0 Å². The first-order chi connectivity index (χ1) is 6.83. The maximum atomic E-state index is 10.1. The predicted octanol–water partition coefficient (Wildman–Crippen LogP) is 1.11. The molecule has 0 saturated carbocycles. The second-order valence-corrected chi connectivity index (χ2v) is 4.53. The van der Waals surface area contributed by atoms with Gasteiger partial charge in [-0.05, 0) is 12.5 Å². The molecule has 0 radical (unpaired) electrons. The Labute approximate surface area is 91.1 Å². The number of primary amides is 1. The Hall–Kier alpha value is -0.880. The van der Waals surface area contributed by atoms with E-state index in [2.05, 4.69) is 12.3 Å². The van der Waals surface area contributed by atoms with Gasteiger partial charge in [-0.3, -0.25) is 9.35 Å². The van der Waals surface area contributed by atoms with E-state index in [0.29, 0.717) is 6.42 Å². The van der Waals surface area contributed by atoms with Crippen molar-refractivity contribution in [3.05, 3.63) is 12.7 Å². The molecule has 90 valence electrons. The van der Waals surface area contributed by atoms with Gasteiger partial charge in [0.25, 0.3) is 10.1 Å². The van der Waals surface area contributed by atoms with Crippen molar-refractivity contribution in [2.75, 3.05) is 5.75 Å². The molecule has 15 heavy (non-hydrogen) atoms. The van der Waals surface area contributed by atoms with Gasteiger partial charge in [0.2, 0.25) is 5.91 Å². The second kappa shape index (κ2) is 9.67. The van der Waals surface area contributed by atoms with E-state index in [0.717, 1.165) is 25.3 Å². The summed E-state index contributed by atoms with van der Waals surface area (Å²) >= 11 is 0. The van der Waals surface area contributed by atoms with E-state index >= 15 is 0 Å². The van der Waals surface area contributed by atoms with E-state index in [4.69, 9.17) is 4.55 Å². The van der Waals surface area contributed by atoms with Gasteiger partial charge < -0.3 is 5.73 Å². The Kier molecular flexibility index (Phi) is 10.7. The lowest BCUT2D eigenvalue weighted by Gasteiger charge is -1.95. The van der Waals surface area contributed by atoms with Gasteiger partial charge in [-0.1, -0.05) is 32.8 Å². The summed E-state index contributed by atoms with van der Waals surface area (Å²) in [5.74, 6) is -0.572. The van der Waals surface area contributed by atoms with Crippen LogP contribution >= 0.6 is 0 Å². The van der Waals surface area contributed by atoms with Gasteiger partial charge in [0.1, 0.15) is 0 Å². The molecule has 0 aliphatic carbocycles. The number of hydrogen-bond acceptors (Lipinski definition) is 3. The Balaban J connectivity index is 0. The predicted molar refractivity (Wildman–Crippen MR) is 59.9 cm³/mol. The zero-order valence-electron chi connectivity index (χ0n) is 8.98. The fraction of sp³-hybridized carbons (Fsp3) is 0.667. The van der Waals surface area contributed by atoms with Crippen molar-refractivity contribution in [1.82, 2.24) is 0 Å². The molecule has 0 fully saturated rings. The van der Waals surface area contributed by atoms with Gasteiger partial charge >= 0.3 is 0 Å². The Morgan fingerprint density at radius 3 is 2.13 bits per heavy atom. The van der Waals surface area contributed by atoms with Gasteiger partial charge in [0.05, 0.1) is 5.75 Å². The quantitative estimate of drug-likeness (QED) is 0.411. The summed E-state index contributed by atoms with van der Waals surface area (Å²) in [6.45, 7) is 5.13. The monoisotopic (exact) mass is 237 g/mol. The smallest absolute Gasteiger partial charge is 0.264 e. The van der Waals surface area contributed by atoms with E-state index in [1.807, 2.05) is 6.92 Å². The molecule has 0 heterocycles. The molecule has 5 nitrogen and oxygen atoms in total. The summed E-state index contributed by atoms with van der Waals surface area (Å²) in [6.07, 6.45) is 4.63. The molecule has 0 aliphatic heterocycles. The van der Waals surface area contributed by atoms with Crippen LogP contribution in [0.2, 0.25) is 0 Å². The fourth-order valence-electron chi connectivity index (χ4n) is 0.711. The van der Waals surface area contributed by atoms with E-state index in [9.17, 15) is 13.2 Å². The highest BCUT2D eigenvalue weighted by Crippen LogP contribution is 2.00. The lowest BCUT2D eigenvalue weighted by Crippen LogP contribution is -2.04. The first-order valence-electron chi connectivity index (χ1n) is 4.70. The van der Waals surface area contributed by atoms with Crippen molar-refractivity contribution >= 4 is 16.0 Å². The van der Waals surface area contributed by atoms with Crippen molar-refractivity contribution in [3.63, 3.8) is 0 Å². The molecular formula is C9H19NO4S. The minimum Gasteiger partial charge on any atom is -0.366 e. The van der Waals surface area contributed by atoms with Crippen LogP contribution in [0.5, 0.6) is 0 Å². The van der Waals surface area contributed by atoms with E-state index < -0.39 is 16.0 Å². The van der Waals surface area contributed by atoms with Crippen molar-refractivity contribution < 1.29 is 17.8 Å². The number of unbranched alkanes of at least 4 members (excludes halogenated alkanes) is 3. The number of carbonyl (C=O) groups excluding carboxylic acids is 1. The highest BCUT2D eigenvalue weighted by molar-refractivity contribution is 7.85. The molecule has 1 amide bonds. The number of hydrogen-bond donors (Lipinski definition) is 2. The average molecular weight is 237 g/mol. The minimum absolute atomic E-state index is 0.0903. The number of rotatable bonds is 6. The lowest BCUT2D eigenvalue weighted by molar-refractivity contribution is -0.113.